The Kier molecular flexibility index (Phi) is 7.36. The topological polar surface area (TPSA) is 50.4 Å². The van der Waals surface area contributed by atoms with Crippen LogP contribution in [0.1, 0.15) is 63.8 Å². The van der Waals surface area contributed by atoms with E-state index in [1.165, 1.54) is 9.75 Å². The monoisotopic (exact) mass is 326 g/mol. The molecule has 0 radical (unpaired) electrons. The third kappa shape index (κ3) is 6.79. The summed E-state index contributed by atoms with van der Waals surface area (Å²) in [4.78, 5) is 14.6. The first-order chi connectivity index (χ1) is 10.2. The largest absolute Gasteiger partial charge is 0.444 e. The van der Waals surface area contributed by atoms with E-state index in [4.69, 9.17) is 4.74 Å². The highest BCUT2D eigenvalue weighted by atomic mass is 32.1. The van der Waals surface area contributed by atoms with Crippen LogP contribution in [0.5, 0.6) is 0 Å². The molecule has 2 N–H and O–H groups in total. The molecule has 2 atom stereocenters. The SMILES string of the molecule is CCc1ccc(C(C)NCC(CC)NC(=O)OC(C)(C)C)s1. The molecule has 0 saturated carbocycles. The van der Waals surface area contributed by atoms with E-state index >= 15 is 0 Å². The van der Waals surface area contributed by atoms with E-state index in [-0.39, 0.29) is 12.1 Å². The van der Waals surface area contributed by atoms with E-state index < -0.39 is 5.60 Å². The van der Waals surface area contributed by atoms with E-state index in [1.807, 2.05) is 32.1 Å². The van der Waals surface area contributed by atoms with Gasteiger partial charge in [0.2, 0.25) is 0 Å². The van der Waals surface area contributed by atoms with Crippen molar-refractivity contribution in [2.45, 2.75) is 72.1 Å². The van der Waals surface area contributed by atoms with Gasteiger partial charge in [-0.1, -0.05) is 13.8 Å². The second kappa shape index (κ2) is 8.53. The van der Waals surface area contributed by atoms with Crippen molar-refractivity contribution in [1.82, 2.24) is 10.6 Å². The lowest BCUT2D eigenvalue weighted by Crippen LogP contribution is -2.44. The fraction of sp³-hybridized carbons (Fsp3) is 0.706. The summed E-state index contributed by atoms with van der Waals surface area (Å²) in [5, 5.41) is 6.42. The molecule has 0 aliphatic rings. The van der Waals surface area contributed by atoms with Gasteiger partial charge in [-0.05, 0) is 52.7 Å². The van der Waals surface area contributed by atoms with Crippen LogP contribution < -0.4 is 10.6 Å². The van der Waals surface area contributed by atoms with Gasteiger partial charge < -0.3 is 15.4 Å². The molecule has 0 aliphatic heterocycles. The minimum atomic E-state index is -0.462. The number of hydrogen-bond acceptors (Lipinski definition) is 4. The minimum Gasteiger partial charge on any atom is -0.444 e. The molecule has 1 aromatic rings. The zero-order chi connectivity index (χ0) is 16.8. The van der Waals surface area contributed by atoms with Crippen molar-refractivity contribution in [1.29, 1.82) is 0 Å². The van der Waals surface area contributed by atoms with Crippen molar-refractivity contribution in [3.63, 3.8) is 0 Å². The van der Waals surface area contributed by atoms with Crippen molar-refractivity contribution in [3.05, 3.63) is 21.9 Å². The number of thiophene rings is 1. The molecule has 1 aromatic heterocycles. The third-order valence-electron chi connectivity index (χ3n) is 3.34. The molecule has 0 aromatic carbocycles. The first-order valence-electron chi connectivity index (χ1n) is 8.06. The van der Waals surface area contributed by atoms with Crippen LogP contribution in [0.15, 0.2) is 12.1 Å². The van der Waals surface area contributed by atoms with Crippen LogP contribution in [0.25, 0.3) is 0 Å². The lowest BCUT2D eigenvalue weighted by atomic mass is 10.2. The maximum atomic E-state index is 11.8. The fourth-order valence-electron chi connectivity index (χ4n) is 2.01. The molecule has 0 fully saturated rings. The van der Waals surface area contributed by atoms with E-state index in [2.05, 4.69) is 43.5 Å². The maximum absolute atomic E-state index is 11.8. The average molecular weight is 327 g/mol. The molecule has 0 spiro atoms. The van der Waals surface area contributed by atoms with Crippen molar-refractivity contribution in [3.8, 4) is 0 Å². The average Bonchev–Trinajstić information content (AvgIpc) is 2.89. The van der Waals surface area contributed by atoms with E-state index in [0.29, 0.717) is 6.04 Å². The van der Waals surface area contributed by atoms with Crippen LogP contribution in [0, 0.1) is 0 Å². The van der Waals surface area contributed by atoms with Crippen LogP contribution in [0.2, 0.25) is 0 Å². The summed E-state index contributed by atoms with van der Waals surface area (Å²) in [6.45, 7) is 12.7. The van der Waals surface area contributed by atoms with Crippen LogP contribution >= 0.6 is 11.3 Å². The van der Waals surface area contributed by atoms with Crippen molar-refractivity contribution in [2.75, 3.05) is 6.54 Å². The molecule has 4 nitrogen and oxygen atoms in total. The van der Waals surface area contributed by atoms with Crippen molar-refractivity contribution < 1.29 is 9.53 Å². The Balaban J connectivity index is 2.44. The van der Waals surface area contributed by atoms with Crippen LogP contribution in [-0.2, 0) is 11.2 Å². The Morgan fingerprint density at radius 2 is 2.00 bits per heavy atom. The highest BCUT2D eigenvalue weighted by Crippen LogP contribution is 2.23. The van der Waals surface area contributed by atoms with Gasteiger partial charge in [0.05, 0.1) is 0 Å². The number of hydrogen-bond donors (Lipinski definition) is 2. The first kappa shape index (κ1) is 19.0. The van der Waals surface area contributed by atoms with Gasteiger partial charge in [0.15, 0.2) is 0 Å². The lowest BCUT2D eigenvalue weighted by Gasteiger charge is -2.24. The van der Waals surface area contributed by atoms with E-state index in [9.17, 15) is 4.79 Å². The first-order valence-corrected chi connectivity index (χ1v) is 8.88. The van der Waals surface area contributed by atoms with Crippen LogP contribution in [0.4, 0.5) is 4.79 Å². The van der Waals surface area contributed by atoms with Gasteiger partial charge >= 0.3 is 6.09 Å². The zero-order valence-electron chi connectivity index (χ0n) is 14.7. The number of ether oxygens (including phenoxy) is 1. The predicted octanol–water partition coefficient (Wildman–Crippen LogP) is 4.26. The molecule has 0 aliphatic carbocycles. The quantitative estimate of drug-likeness (QED) is 0.787. The molecule has 22 heavy (non-hydrogen) atoms. The second-order valence-corrected chi connectivity index (χ2v) is 7.74. The molecule has 0 bridgehead atoms. The number of rotatable bonds is 7. The standard InChI is InChI=1S/C17H30N2O2S/c1-7-13(19-16(20)21-17(4,5)6)11-18-12(3)15-10-9-14(8-2)22-15/h9-10,12-13,18H,7-8,11H2,1-6H3,(H,19,20). The summed E-state index contributed by atoms with van der Waals surface area (Å²) in [6, 6.07) is 4.74. The lowest BCUT2D eigenvalue weighted by molar-refractivity contribution is 0.0502. The molecular formula is C17H30N2O2S. The van der Waals surface area contributed by atoms with E-state index in [1.54, 1.807) is 0 Å². The number of carbonyl (C=O) groups excluding carboxylic acids is 1. The number of aryl methyl sites for hydroxylation is 1. The Morgan fingerprint density at radius 1 is 1.32 bits per heavy atom. The van der Waals surface area contributed by atoms with Gasteiger partial charge in [-0.3, -0.25) is 0 Å². The molecule has 1 amide bonds. The van der Waals surface area contributed by atoms with Gasteiger partial charge in [-0.25, -0.2) is 4.79 Å². The summed E-state index contributed by atoms with van der Waals surface area (Å²) in [5.41, 5.74) is -0.462. The molecule has 1 rings (SSSR count). The van der Waals surface area contributed by atoms with Gasteiger partial charge in [0.25, 0.3) is 0 Å². The van der Waals surface area contributed by atoms with E-state index in [0.717, 1.165) is 19.4 Å². The molecule has 5 heteroatoms. The van der Waals surface area contributed by atoms with Crippen molar-refractivity contribution in [2.24, 2.45) is 0 Å². The number of alkyl carbamates (subject to hydrolysis) is 1. The number of nitrogens with one attached hydrogen (secondary N) is 2. The fourth-order valence-corrected chi connectivity index (χ4v) is 2.99. The molecule has 126 valence electrons. The summed E-state index contributed by atoms with van der Waals surface area (Å²) < 4.78 is 5.30. The summed E-state index contributed by atoms with van der Waals surface area (Å²) in [7, 11) is 0. The Hall–Kier alpha value is -1.07. The van der Waals surface area contributed by atoms with Crippen molar-refractivity contribution >= 4 is 17.4 Å². The Morgan fingerprint density at radius 3 is 2.50 bits per heavy atom. The van der Waals surface area contributed by atoms with Crippen LogP contribution in [0.3, 0.4) is 0 Å². The maximum Gasteiger partial charge on any atom is 0.407 e. The highest BCUT2D eigenvalue weighted by molar-refractivity contribution is 7.12. The summed E-state index contributed by atoms with van der Waals surface area (Å²) in [6.07, 6.45) is 1.59. The number of amides is 1. The smallest absolute Gasteiger partial charge is 0.407 e. The normalized spacial score (nSPS) is 14.5. The van der Waals surface area contributed by atoms with Gasteiger partial charge in [0.1, 0.15) is 5.60 Å². The second-order valence-electron chi connectivity index (χ2n) is 6.54. The molecular weight excluding hydrogens is 296 g/mol. The van der Waals surface area contributed by atoms with Crippen LogP contribution in [-0.4, -0.2) is 24.3 Å². The summed E-state index contributed by atoms with van der Waals surface area (Å²) >= 11 is 1.85. The Labute approximate surface area is 138 Å². The highest BCUT2D eigenvalue weighted by Gasteiger charge is 2.19. The molecule has 2 unspecified atom stereocenters. The van der Waals surface area contributed by atoms with Gasteiger partial charge in [-0.15, -0.1) is 11.3 Å². The minimum absolute atomic E-state index is 0.0721. The predicted molar refractivity (Wildman–Crippen MR) is 93.6 cm³/mol. The third-order valence-corrected chi connectivity index (χ3v) is 4.75. The van der Waals surface area contributed by atoms with Gasteiger partial charge in [-0.2, -0.15) is 0 Å². The zero-order valence-corrected chi connectivity index (χ0v) is 15.5. The summed E-state index contributed by atoms with van der Waals surface area (Å²) in [5.74, 6) is 0. The molecule has 0 saturated heterocycles. The Bertz CT molecular complexity index is 465. The molecule has 1 heterocycles. The van der Waals surface area contributed by atoms with Gasteiger partial charge in [0, 0.05) is 28.4 Å². The number of carbonyl (C=O) groups is 1.